The Hall–Kier alpha value is -2.32. The summed E-state index contributed by atoms with van der Waals surface area (Å²) in [4.78, 5) is 0. The van der Waals surface area contributed by atoms with Crippen LogP contribution < -0.4 is 0 Å². The minimum atomic E-state index is -3.10. The van der Waals surface area contributed by atoms with Crippen LogP contribution in [0.2, 0.25) is 0 Å². The van der Waals surface area contributed by atoms with Crippen molar-refractivity contribution in [3.63, 3.8) is 0 Å². The third-order valence-electron chi connectivity index (χ3n) is 3.02. The number of aliphatic hydroxyl groups excluding tert-OH is 6. The highest BCUT2D eigenvalue weighted by Crippen LogP contribution is 2.49. The second-order valence-corrected chi connectivity index (χ2v) is 3.92. The summed E-state index contributed by atoms with van der Waals surface area (Å²) in [6.07, 6.45) is 1.48. The summed E-state index contributed by atoms with van der Waals surface area (Å²) in [5.74, 6) is -7.62. The predicted octanol–water partition coefficient (Wildman–Crippen LogP) is 0.0148. The van der Waals surface area contributed by atoms with E-state index in [2.05, 4.69) is 0 Å². The van der Waals surface area contributed by atoms with Crippen LogP contribution in [0.5, 0.6) is 0 Å². The van der Waals surface area contributed by atoms with Crippen LogP contribution >= 0.6 is 0 Å². The fourth-order valence-electron chi connectivity index (χ4n) is 1.92. The molecule has 0 bridgehead atoms. The Morgan fingerprint density at radius 3 is 1.17 bits per heavy atom. The van der Waals surface area contributed by atoms with Gasteiger partial charge in [0, 0.05) is 0 Å². The Morgan fingerprint density at radius 2 is 0.889 bits per heavy atom. The molecule has 0 heterocycles. The van der Waals surface area contributed by atoms with Gasteiger partial charge >= 0.3 is 0 Å². The lowest BCUT2D eigenvalue weighted by atomic mass is 9.70. The van der Waals surface area contributed by atoms with Gasteiger partial charge in [0.2, 0.25) is 22.7 Å². The predicted molar refractivity (Wildman–Crippen MR) is 55.9 cm³/mol. The SMILES string of the molecule is OC1=CC=C(O)C2(O)C(O)=C(O)C(O)=C(O)C12O. The van der Waals surface area contributed by atoms with Crippen LogP contribution in [0.15, 0.2) is 46.7 Å². The standard InChI is InChI=1S/C10H10O8/c11-3-1-2-4(12)10(18)8(16)6(14)5(13)7(15)9(3,10)17/h1-2,11-18H. The molecule has 2 aliphatic rings. The maximum atomic E-state index is 10.1. The molecule has 2 atom stereocenters. The van der Waals surface area contributed by atoms with Crippen LogP contribution in [-0.2, 0) is 0 Å². The first kappa shape index (κ1) is 12.1. The van der Waals surface area contributed by atoms with Gasteiger partial charge in [-0.05, 0) is 12.2 Å². The molecule has 8 nitrogen and oxygen atoms in total. The summed E-state index contributed by atoms with van der Waals surface area (Å²) < 4.78 is 0. The molecule has 2 rings (SSSR count). The molecule has 0 aromatic rings. The van der Waals surface area contributed by atoms with Crippen molar-refractivity contribution in [3.05, 3.63) is 46.7 Å². The van der Waals surface area contributed by atoms with Crippen molar-refractivity contribution in [2.45, 2.75) is 11.2 Å². The zero-order valence-corrected chi connectivity index (χ0v) is 8.73. The molecule has 0 radical (unpaired) electrons. The fourth-order valence-corrected chi connectivity index (χ4v) is 1.92. The number of hydrogen-bond acceptors (Lipinski definition) is 8. The fraction of sp³-hybridized carbons (Fsp3) is 0.200. The van der Waals surface area contributed by atoms with Gasteiger partial charge in [-0.25, -0.2) is 0 Å². The zero-order chi connectivity index (χ0) is 13.9. The topological polar surface area (TPSA) is 162 Å². The molecule has 98 valence electrons. The smallest absolute Gasteiger partial charge is 0.226 e. The van der Waals surface area contributed by atoms with Crippen molar-refractivity contribution < 1.29 is 40.9 Å². The zero-order valence-electron chi connectivity index (χ0n) is 8.73. The molecule has 0 aliphatic heterocycles. The first-order valence-electron chi connectivity index (χ1n) is 4.70. The average Bonchev–Trinajstić information content (AvgIpc) is 2.35. The third-order valence-corrected chi connectivity index (χ3v) is 3.02. The summed E-state index contributed by atoms with van der Waals surface area (Å²) >= 11 is 0. The second-order valence-electron chi connectivity index (χ2n) is 3.92. The van der Waals surface area contributed by atoms with Gasteiger partial charge in [0.1, 0.15) is 11.5 Å². The molecular weight excluding hydrogens is 248 g/mol. The summed E-state index contributed by atoms with van der Waals surface area (Å²) in [6, 6.07) is 0. The molecule has 0 aromatic carbocycles. The van der Waals surface area contributed by atoms with Gasteiger partial charge in [0.05, 0.1) is 0 Å². The lowest BCUT2D eigenvalue weighted by Gasteiger charge is -2.44. The Labute approximate surface area is 99.6 Å². The number of allylic oxidation sites excluding steroid dienone is 2. The highest BCUT2D eigenvalue weighted by molar-refractivity contribution is 5.55. The van der Waals surface area contributed by atoms with E-state index < -0.39 is 45.8 Å². The average molecular weight is 258 g/mol. The Morgan fingerprint density at radius 1 is 0.611 bits per heavy atom. The minimum absolute atomic E-state index is 0.739. The van der Waals surface area contributed by atoms with Crippen molar-refractivity contribution in [2.24, 2.45) is 0 Å². The molecule has 0 spiro atoms. The van der Waals surface area contributed by atoms with E-state index in [-0.39, 0.29) is 0 Å². The van der Waals surface area contributed by atoms with Crippen molar-refractivity contribution in [1.82, 2.24) is 0 Å². The van der Waals surface area contributed by atoms with E-state index in [1.807, 2.05) is 0 Å². The highest BCUT2D eigenvalue weighted by atomic mass is 16.4. The lowest BCUT2D eigenvalue weighted by Crippen LogP contribution is -2.62. The lowest BCUT2D eigenvalue weighted by molar-refractivity contribution is -0.143. The van der Waals surface area contributed by atoms with Crippen molar-refractivity contribution in [2.75, 3.05) is 0 Å². The highest BCUT2D eigenvalue weighted by Gasteiger charge is 2.67. The number of aliphatic hydroxyl groups is 8. The van der Waals surface area contributed by atoms with Crippen molar-refractivity contribution in [1.29, 1.82) is 0 Å². The molecule has 0 aromatic heterocycles. The molecule has 0 saturated heterocycles. The van der Waals surface area contributed by atoms with Gasteiger partial charge in [-0.15, -0.1) is 0 Å². The Bertz CT molecular complexity index is 504. The molecular formula is C10H10O8. The molecule has 18 heavy (non-hydrogen) atoms. The largest absolute Gasteiger partial charge is 0.509 e. The number of rotatable bonds is 0. The van der Waals surface area contributed by atoms with Crippen LogP contribution in [0.3, 0.4) is 0 Å². The number of fused-ring (bicyclic) bond motifs is 1. The second kappa shape index (κ2) is 3.12. The quantitative estimate of drug-likeness (QED) is 0.301. The van der Waals surface area contributed by atoms with Gasteiger partial charge < -0.3 is 40.9 Å². The van der Waals surface area contributed by atoms with E-state index in [1.165, 1.54) is 0 Å². The molecule has 8 N–H and O–H groups in total. The summed E-state index contributed by atoms with van der Waals surface area (Å²) in [5, 5.41) is 76.9. The third kappa shape index (κ3) is 0.968. The van der Waals surface area contributed by atoms with Crippen LogP contribution in [0, 0.1) is 0 Å². The van der Waals surface area contributed by atoms with Crippen LogP contribution in [0.25, 0.3) is 0 Å². The van der Waals surface area contributed by atoms with E-state index in [9.17, 15) is 40.9 Å². The molecule has 2 unspecified atom stereocenters. The van der Waals surface area contributed by atoms with Crippen LogP contribution in [0.1, 0.15) is 0 Å². The maximum Gasteiger partial charge on any atom is 0.226 e. The van der Waals surface area contributed by atoms with Gasteiger partial charge in [0.25, 0.3) is 0 Å². The molecule has 2 aliphatic carbocycles. The number of hydrogen-bond donors (Lipinski definition) is 8. The van der Waals surface area contributed by atoms with E-state index >= 15 is 0 Å². The van der Waals surface area contributed by atoms with E-state index in [4.69, 9.17) is 0 Å². The first-order valence-corrected chi connectivity index (χ1v) is 4.70. The summed E-state index contributed by atoms with van der Waals surface area (Å²) in [7, 11) is 0. The van der Waals surface area contributed by atoms with Crippen LogP contribution in [-0.4, -0.2) is 52.1 Å². The molecule has 8 heteroatoms. The monoisotopic (exact) mass is 258 g/mol. The molecule has 0 amide bonds. The van der Waals surface area contributed by atoms with Crippen molar-refractivity contribution in [3.8, 4) is 0 Å². The maximum absolute atomic E-state index is 10.1. The summed E-state index contributed by atoms with van der Waals surface area (Å²) in [5.41, 5.74) is -6.21. The van der Waals surface area contributed by atoms with E-state index in [0.717, 1.165) is 12.2 Å². The molecule has 0 saturated carbocycles. The van der Waals surface area contributed by atoms with Gasteiger partial charge in [0.15, 0.2) is 11.5 Å². The van der Waals surface area contributed by atoms with Crippen LogP contribution in [0.4, 0.5) is 0 Å². The van der Waals surface area contributed by atoms with E-state index in [1.54, 1.807) is 0 Å². The minimum Gasteiger partial charge on any atom is -0.509 e. The Kier molecular flexibility index (Phi) is 2.10. The first-order chi connectivity index (χ1) is 8.19. The van der Waals surface area contributed by atoms with Gasteiger partial charge in [-0.2, -0.15) is 0 Å². The van der Waals surface area contributed by atoms with Gasteiger partial charge in [-0.1, -0.05) is 0 Å². The van der Waals surface area contributed by atoms with Gasteiger partial charge in [-0.3, -0.25) is 0 Å². The van der Waals surface area contributed by atoms with E-state index in [0.29, 0.717) is 0 Å². The normalized spacial score (nSPS) is 36.1. The molecule has 0 fully saturated rings. The Balaban J connectivity index is 2.87. The summed E-state index contributed by atoms with van der Waals surface area (Å²) in [6.45, 7) is 0. The van der Waals surface area contributed by atoms with Crippen molar-refractivity contribution >= 4 is 0 Å².